The molecule has 2 heteroatoms. The van der Waals surface area contributed by atoms with Crippen molar-refractivity contribution in [3.05, 3.63) is 12.3 Å². The predicted molar refractivity (Wildman–Crippen MR) is 110 cm³/mol. The molecule has 0 aliphatic heterocycles. The molecule has 0 unspecified atom stereocenters. The van der Waals surface area contributed by atoms with Gasteiger partial charge in [-0.05, 0) is 32.0 Å². The van der Waals surface area contributed by atoms with E-state index < -0.39 is 0 Å². The molecule has 0 saturated heterocycles. The minimum absolute atomic E-state index is 0.868. The zero-order valence-electron chi connectivity index (χ0n) is 16.5. The second kappa shape index (κ2) is 22.5. The largest absolute Gasteiger partial charge is 0.405 e. The first-order valence-electron chi connectivity index (χ1n) is 11.0. The molecular weight excluding hydrogens is 292 g/mol. The molecule has 0 rings (SSSR count). The Hall–Kier alpha value is -0.500. The quantitative estimate of drug-likeness (QED) is 0.239. The van der Waals surface area contributed by atoms with Crippen LogP contribution < -0.4 is 11.5 Å². The van der Waals surface area contributed by atoms with Crippen molar-refractivity contribution in [3.63, 3.8) is 0 Å². The molecule has 144 valence electrons. The van der Waals surface area contributed by atoms with E-state index in [2.05, 4.69) is 6.08 Å². The number of rotatable bonds is 20. The third kappa shape index (κ3) is 21.5. The van der Waals surface area contributed by atoms with Crippen molar-refractivity contribution in [1.29, 1.82) is 0 Å². The Morgan fingerprint density at radius 2 is 0.708 bits per heavy atom. The van der Waals surface area contributed by atoms with Crippen molar-refractivity contribution in [2.45, 2.75) is 122 Å². The summed E-state index contributed by atoms with van der Waals surface area (Å²) in [6, 6.07) is 0. The van der Waals surface area contributed by atoms with E-state index in [0.717, 1.165) is 13.0 Å². The number of hydrogen-bond donors (Lipinski definition) is 2. The topological polar surface area (TPSA) is 52.0 Å². The van der Waals surface area contributed by atoms with Crippen molar-refractivity contribution >= 4 is 0 Å². The molecule has 24 heavy (non-hydrogen) atoms. The second-order valence-corrected chi connectivity index (χ2v) is 7.37. The maximum Gasteiger partial charge on any atom is -0.00773 e. The first-order valence-corrected chi connectivity index (χ1v) is 11.0. The fraction of sp³-hybridized carbons (Fsp3) is 0.909. The van der Waals surface area contributed by atoms with Crippen LogP contribution in [-0.2, 0) is 0 Å². The molecule has 0 amide bonds. The molecule has 0 spiro atoms. The summed E-state index contributed by atoms with van der Waals surface area (Å²) in [5, 5.41) is 0. The lowest BCUT2D eigenvalue weighted by Gasteiger charge is -2.03. The number of hydrogen-bond acceptors (Lipinski definition) is 2. The van der Waals surface area contributed by atoms with E-state index in [1.165, 1.54) is 116 Å². The van der Waals surface area contributed by atoms with Gasteiger partial charge in [0.25, 0.3) is 0 Å². The second-order valence-electron chi connectivity index (χ2n) is 7.37. The Balaban J connectivity index is 2.95. The third-order valence-corrected chi connectivity index (χ3v) is 4.96. The van der Waals surface area contributed by atoms with Gasteiger partial charge in [0.15, 0.2) is 0 Å². The molecule has 0 aromatic carbocycles. The van der Waals surface area contributed by atoms with E-state index in [1.807, 2.05) is 0 Å². The normalized spacial score (nSPS) is 11.5. The molecule has 0 aromatic rings. The van der Waals surface area contributed by atoms with E-state index in [0.29, 0.717) is 0 Å². The van der Waals surface area contributed by atoms with Crippen LogP contribution in [0.3, 0.4) is 0 Å². The highest BCUT2D eigenvalue weighted by Crippen LogP contribution is 2.14. The van der Waals surface area contributed by atoms with E-state index in [4.69, 9.17) is 11.5 Å². The van der Waals surface area contributed by atoms with E-state index in [9.17, 15) is 0 Å². The van der Waals surface area contributed by atoms with Crippen molar-refractivity contribution < 1.29 is 0 Å². The lowest BCUT2D eigenvalue weighted by molar-refractivity contribution is 0.524. The van der Waals surface area contributed by atoms with Crippen LogP contribution in [0.25, 0.3) is 0 Å². The van der Waals surface area contributed by atoms with Gasteiger partial charge in [0, 0.05) is 0 Å². The zero-order valence-corrected chi connectivity index (χ0v) is 16.5. The Morgan fingerprint density at radius 1 is 0.417 bits per heavy atom. The molecule has 0 aliphatic carbocycles. The molecule has 0 fully saturated rings. The van der Waals surface area contributed by atoms with Gasteiger partial charge in [-0.15, -0.1) is 0 Å². The van der Waals surface area contributed by atoms with Gasteiger partial charge in [-0.3, -0.25) is 0 Å². The standard InChI is InChI=1S/C22H46N2/c23-21-19-17-15-13-11-9-7-5-3-1-2-4-6-8-10-12-14-16-18-20-22-24/h19,21H,1-18,20,22-24H2. The van der Waals surface area contributed by atoms with Crippen molar-refractivity contribution in [3.8, 4) is 0 Å². The Labute approximate surface area is 152 Å². The number of nitrogens with two attached hydrogens (primary N) is 2. The summed E-state index contributed by atoms with van der Waals surface area (Å²) in [6.07, 6.45) is 30.3. The van der Waals surface area contributed by atoms with Crippen molar-refractivity contribution in [1.82, 2.24) is 0 Å². The zero-order chi connectivity index (χ0) is 17.6. The van der Waals surface area contributed by atoms with Gasteiger partial charge in [-0.25, -0.2) is 0 Å². The number of unbranched alkanes of at least 4 members (excludes halogenated alkanes) is 18. The third-order valence-electron chi connectivity index (χ3n) is 4.96. The molecule has 0 heterocycles. The fourth-order valence-corrected chi connectivity index (χ4v) is 3.33. The van der Waals surface area contributed by atoms with Crippen LogP contribution in [0.4, 0.5) is 0 Å². The van der Waals surface area contributed by atoms with Gasteiger partial charge < -0.3 is 11.5 Å². The van der Waals surface area contributed by atoms with Gasteiger partial charge in [0.1, 0.15) is 0 Å². The average molecular weight is 339 g/mol. The van der Waals surface area contributed by atoms with Gasteiger partial charge in [-0.2, -0.15) is 0 Å². The first kappa shape index (κ1) is 23.5. The molecule has 4 N–H and O–H groups in total. The minimum Gasteiger partial charge on any atom is -0.405 e. The molecular formula is C22H46N2. The van der Waals surface area contributed by atoms with Gasteiger partial charge in [-0.1, -0.05) is 109 Å². The first-order chi connectivity index (χ1) is 11.9. The molecule has 0 bridgehead atoms. The lowest BCUT2D eigenvalue weighted by Crippen LogP contribution is -1.97. The summed E-state index contributed by atoms with van der Waals surface area (Å²) < 4.78 is 0. The Kier molecular flexibility index (Phi) is 22.0. The van der Waals surface area contributed by atoms with Crippen molar-refractivity contribution in [2.75, 3.05) is 6.54 Å². The van der Waals surface area contributed by atoms with Gasteiger partial charge in [0.2, 0.25) is 0 Å². The van der Waals surface area contributed by atoms with Crippen LogP contribution in [-0.4, -0.2) is 6.54 Å². The van der Waals surface area contributed by atoms with Crippen LogP contribution in [0.15, 0.2) is 12.3 Å². The van der Waals surface area contributed by atoms with E-state index >= 15 is 0 Å². The monoisotopic (exact) mass is 338 g/mol. The molecule has 0 aromatic heterocycles. The van der Waals surface area contributed by atoms with Crippen LogP contribution >= 0.6 is 0 Å². The summed E-state index contributed by atoms with van der Waals surface area (Å²) >= 11 is 0. The molecule has 0 atom stereocenters. The maximum atomic E-state index is 5.50. The van der Waals surface area contributed by atoms with Crippen LogP contribution in [0.5, 0.6) is 0 Å². The van der Waals surface area contributed by atoms with Crippen LogP contribution in [0.1, 0.15) is 122 Å². The number of allylic oxidation sites excluding steroid dienone is 1. The van der Waals surface area contributed by atoms with E-state index in [1.54, 1.807) is 6.20 Å². The highest BCUT2D eigenvalue weighted by molar-refractivity contribution is 4.74. The highest BCUT2D eigenvalue weighted by atomic mass is 14.5. The molecule has 0 aliphatic rings. The summed E-state index contributed by atoms with van der Waals surface area (Å²) in [6.45, 7) is 0.868. The average Bonchev–Trinajstić information content (AvgIpc) is 2.60. The highest BCUT2D eigenvalue weighted by Gasteiger charge is 1.95. The van der Waals surface area contributed by atoms with Crippen LogP contribution in [0.2, 0.25) is 0 Å². The Morgan fingerprint density at radius 3 is 1.00 bits per heavy atom. The van der Waals surface area contributed by atoms with E-state index in [-0.39, 0.29) is 0 Å². The van der Waals surface area contributed by atoms with Gasteiger partial charge in [0.05, 0.1) is 0 Å². The molecule has 0 radical (unpaired) electrons. The summed E-state index contributed by atoms with van der Waals surface area (Å²) in [5.41, 5.74) is 10.8. The van der Waals surface area contributed by atoms with Crippen molar-refractivity contribution in [2.24, 2.45) is 11.5 Å². The minimum atomic E-state index is 0.868. The smallest absolute Gasteiger partial charge is 0.00773 e. The molecule has 0 saturated carbocycles. The molecule has 2 nitrogen and oxygen atoms in total. The summed E-state index contributed by atoms with van der Waals surface area (Å²) in [7, 11) is 0. The van der Waals surface area contributed by atoms with Crippen LogP contribution in [0, 0.1) is 0 Å². The van der Waals surface area contributed by atoms with Gasteiger partial charge >= 0.3 is 0 Å². The lowest BCUT2D eigenvalue weighted by atomic mass is 10.0. The fourth-order valence-electron chi connectivity index (χ4n) is 3.33. The summed E-state index contributed by atoms with van der Waals surface area (Å²) in [5.74, 6) is 0. The predicted octanol–water partition coefficient (Wildman–Crippen LogP) is 6.83. The SMILES string of the molecule is NC=CCCCCCCCCCCCCCCCCCCCCN. The maximum absolute atomic E-state index is 5.50. The Bertz CT molecular complexity index is 238. The summed E-state index contributed by atoms with van der Waals surface area (Å²) in [4.78, 5) is 0.